The first-order valence-electron chi connectivity index (χ1n) is 6.14. The van der Waals surface area contributed by atoms with Crippen LogP contribution in [0.3, 0.4) is 0 Å². The van der Waals surface area contributed by atoms with E-state index in [1.165, 1.54) is 32.4 Å². The Labute approximate surface area is 94.8 Å². The van der Waals surface area contributed by atoms with Crippen molar-refractivity contribution in [2.24, 2.45) is 5.92 Å². The molecule has 3 heteroatoms. The van der Waals surface area contributed by atoms with Gasteiger partial charge in [-0.3, -0.25) is 0 Å². The average Bonchev–Trinajstić information content (AvgIpc) is 2.18. The van der Waals surface area contributed by atoms with Crippen LogP contribution in [0.1, 0.15) is 19.3 Å². The molecule has 3 nitrogen and oxygen atoms in total. The van der Waals surface area contributed by atoms with E-state index in [4.69, 9.17) is 0 Å². The van der Waals surface area contributed by atoms with E-state index in [2.05, 4.69) is 36.3 Å². The summed E-state index contributed by atoms with van der Waals surface area (Å²) in [5.41, 5.74) is 0. The second-order valence-corrected chi connectivity index (χ2v) is 5.09. The zero-order valence-electron chi connectivity index (χ0n) is 10.8. The van der Waals surface area contributed by atoms with Gasteiger partial charge in [0.05, 0.1) is 0 Å². The standard InChI is InChI=1S/C12H27N3/c1-13-8-7-12(14(2)3)11-6-5-9-15(4)10-11/h11-13H,5-10H2,1-4H3. The molecular formula is C12H27N3. The summed E-state index contributed by atoms with van der Waals surface area (Å²) in [6.45, 7) is 3.68. The second kappa shape index (κ2) is 6.46. The van der Waals surface area contributed by atoms with Crippen LogP contribution >= 0.6 is 0 Å². The zero-order valence-corrected chi connectivity index (χ0v) is 10.8. The van der Waals surface area contributed by atoms with Gasteiger partial charge in [0.25, 0.3) is 0 Å². The Balaban J connectivity index is 2.46. The Morgan fingerprint density at radius 1 is 1.47 bits per heavy atom. The molecule has 2 unspecified atom stereocenters. The summed E-state index contributed by atoms with van der Waals surface area (Å²) >= 11 is 0. The van der Waals surface area contributed by atoms with Crippen molar-refractivity contribution in [1.29, 1.82) is 0 Å². The first-order valence-corrected chi connectivity index (χ1v) is 6.14. The van der Waals surface area contributed by atoms with Crippen molar-refractivity contribution < 1.29 is 0 Å². The van der Waals surface area contributed by atoms with Crippen LogP contribution in [0.15, 0.2) is 0 Å². The van der Waals surface area contributed by atoms with E-state index in [0.717, 1.165) is 18.5 Å². The van der Waals surface area contributed by atoms with Crippen LogP contribution in [0.4, 0.5) is 0 Å². The molecule has 0 amide bonds. The van der Waals surface area contributed by atoms with Gasteiger partial charge in [-0.1, -0.05) is 0 Å². The molecule has 0 aliphatic carbocycles. The van der Waals surface area contributed by atoms with Crippen molar-refractivity contribution >= 4 is 0 Å². The van der Waals surface area contributed by atoms with Gasteiger partial charge in [0.1, 0.15) is 0 Å². The van der Waals surface area contributed by atoms with Crippen LogP contribution in [0.25, 0.3) is 0 Å². The van der Waals surface area contributed by atoms with E-state index >= 15 is 0 Å². The van der Waals surface area contributed by atoms with Gasteiger partial charge in [0, 0.05) is 12.6 Å². The Morgan fingerprint density at radius 3 is 2.73 bits per heavy atom. The summed E-state index contributed by atoms with van der Waals surface area (Å²) in [6, 6.07) is 0.736. The Bertz CT molecular complexity index is 170. The molecule has 0 spiro atoms. The number of hydrogen-bond donors (Lipinski definition) is 1. The van der Waals surface area contributed by atoms with Gasteiger partial charge < -0.3 is 15.1 Å². The molecule has 1 aliphatic rings. The van der Waals surface area contributed by atoms with Crippen LogP contribution in [0.5, 0.6) is 0 Å². The molecule has 0 bridgehead atoms. The number of nitrogens with zero attached hydrogens (tertiary/aromatic N) is 2. The van der Waals surface area contributed by atoms with Gasteiger partial charge in [0.2, 0.25) is 0 Å². The fourth-order valence-electron chi connectivity index (χ4n) is 2.73. The molecule has 15 heavy (non-hydrogen) atoms. The molecular weight excluding hydrogens is 186 g/mol. The quantitative estimate of drug-likeness (QED) is 0.731. The first-order chi connectivity index (χ1) is 7.15. The Hall–Kier alpha value is -0.120. The maximum Gasteiger partial charge on any atom is 0.0142 e. The summed E-state index contributed by atoms with van der Waals surface area (Å²) in [5, 5.41) is 3.26. The van der Waals surface area contributed by atoms with Gasteiger partial charge in [-0.2, -0.15) is 0 Å². The number of rotatable bonds is 5. The largest absolute Gasteiger partial charge is 0.320 e. The molecule has 0 aromatic carbocycles. The van der Waals surface area contributed by atoms with Crippen LogP contribution in [-0.4, -0.2) is 63.7 Å². The van der Waals surface area contributed by atoms with Gasteiger partial charge >= 0.3 is 0 Å². The number of likely N-dealkylation sites (tertiary alicyclic amines) is 1. The zero-order chi connectivity index (χ0) is 11.3. The van der Waals surface area contributed by atoms with Crippen LogP contribution < -0.4 is 5.32 Å². The molecule has 1 rings (SSSR count). The molecule has 1 aliphatic heterocycles. The number of piperidine rings is 1. The average molecular weight is 213 g/mol. The topological polar surface area (TPSA) is 18.5 Å². The van der Waals surface area contributed by atoms with E-state index in [9.17, 15) is 0 Å². The highest BCUT2D eigenvalue weighted by Crippen LogP contribution is 2.23. The molecule has 0 saturated carbocycles. The molecule has 1 N–H and O–H groups in total. The third-order valence-electron chi connectivity index (χ3n) is 3.56. The van der Waals surface area contributed by atoms with Gasteiger partial charge in [-0.05, 0) is 66.5 Å². The summed E-state index contributed by atoms with van der Waals surface area (Å²) in [7, 11) is 8.72. The van der Waals surface area contributed by atoms with E-state index in [0.29, 0.717) is 0 Å². The minimum Gasteiger partial charge on any atom is -0.320 e. The van der Waals surface area contributed by atoms with Crippen molar-refractivity contribution in [1.82, 2.24) is 15.1 Å². The normalized spacial score (nSPS) is 25.8. The molecule has 0 aromatic rings. The predicted molar refractivity (Wildman–Crippen MR) is 66.2 cm³/mol. The minimum absolute atomic E-state index is 0.736. The van der Waals surface area contributed by atoms with E-state index in [1.54, 1.807) is 0 Å². The lowest BCUT2D eigenvalue weighted by Crippen LogP contribution is -2.45. The third-order valence-corrected chi connectivity index (χ3v) is 3.56. The molecule has 2 atom stereocenters. The minimum atomic E-state index is 0.736. The predicted octanol–water partition coefficient (Wildman–Crippen LogP) is 0.868. The number of hydrogen-bond acceptors (Lipinski definition) is 3. The van der Waals surface area contributed by atoms with E-state index in [1.807, 2.05) is 7.05 Å². The highest BCUT2D eigenvalue weighted by Gasteiger charge is 2.26. The maximum atomic E-state index is 3.26. The second-order valence-electron chi connectivity index (χ2n) is 5.09. The lowest BCUT2D eigenvalue weighted by molar-refractivity contribution is 0.116. The lowest BCUT2D eigenvalue weighted by atomic mass is 9.88. The lowest BCUT2D eigenvalue weighted by Gasteiger charge is -2.38. The fourth-order valence-corrected chi connectivity index (χ4v) is 2.73. The molecule has 0 aromatic heterocycles. The van der Waals surface area contributed by atoms with E-state index in [-0.39, 0.29) is 0 Å². The van der Waals surface area contributed by atoms with Crippen molar-refractivity contribution in [3.8, 4) is 0 Å². The van der Waals surface area contributed by atoms with Crippen LogP contribution in [0.2, 0.25) is 0 Å². The molecule has 1 fully saturated rings. The monoisotopic (exact) mass is 213 g/mol. The summed E-state index contributed by atoms with van der Waals surface area (Å²) in [6.07, 6.45) is 4.03. The van der Waals surface area contributed by atoms with Crippen molar-refractivity contribution in [3.63, 3.8) is 0 Å². The summed E-state index contributed by atoms with van der Waals surface area (Å²) < 4.78 is 0. The first kappa shape index (κ1) is 12.9. The number of nitrogens with one attached hydrogen (secondary N) is 1. The summed E-state index contributed by atoms with van der Waals surface area (Å²) in [4.78, 5) is 4.88. The fraction of sp³-hybridized carbons (Fsp3) is 1.00. The van der Waals surface area contributed by atoms with Crippen molar-refractivity contribution in [2.45, 2.75) is 25.3 Å². The molecule has 1 heterocycles. The molecule has 1 saturated heterocycles. The van der Waals surface area contributed by atoms with Crippen molar-refractivity contribution in [3.05, 3.63) is 0 Å². The maximum absolute atomic E-state index is 3.26. The highest BCUT2D eigenvalue weighted by molar-refractivity contribution is 4.82. The van der Waals surface area contributed by atoms with Crippen LogP contribution in [-0.2, 0) is 0 Å². The van der Waals surface area contributed by atoms with Gasteiger partial charge in [-0.15, -0.1) is 0 Å². The SMILES string of the molecule is CNCCC(C1CCCN(C)C1)N(C)C. The van der Waals surface area contributed by atoms with E-state index < -0.39 is 0 Å². The molecule has 0 radical (unpaired) electrons. The third kappa shape index (κ3) is 4.09. The molecule has 90 valence electrons. The summed E-state index contributed by atoms with van der Waals surface area (Å²) in [5.74, 6) is 0.854. The smallest absolute Gasteiger partial charge is 0.0142 e. The van der Waals surface area contributed by atoms with Gasteiger partial charge in [-0.25, -0.2) is 0 Å². The highest BCUT2D eigenvalue weighted by atomic mass is 15.1. The van der Waals surface area contributed by atoms with Gasteiger partial charge in [0.15, 0.2) is 0 Å². The van der Waals surface area contributed by atoms with Crippen LogP contribution in [0, 0.1) is 5.92 Å². The Kier molecular flexibility index (Phi) is 5.58. The Morgan fingerprint density at radius 2 is 2.20 bits per heavy atom. The van der Waals surface area contributed by atoms with Crippen molar-refractivity contribution in [2.75, 3.05) is 47.8 Å².